The summed E-state index contributed by atoms with van der Waals surface area (Å²) in [5.74, 6) is -0.435. The number of benzene rings is 1. The van der Waals surface area contributed by atoms with Crippen molar-refractivity contribution >= 4 is 39.4 Å². The monoisotopic (exact) mass is 451 g/mol. The Bertz CT molecular complexity index is 840. The summed E-state index contributed by atoms with van der Waals surface area (Å²) >= 11 is 9.64. The van der Waals surface area contributed by atoms with Gasteiger partial charge in [-0.05, 0) is 33.6 Å². The topological polar surface area (TPSA) is 62.7 Å². The lowest BCUT2D eigenvalue weighted by molar-refractivity contribution is -0.148. The van der Waals surface area contributed by atoms with Crippen LogP contribution in [-0.2, 0) is 9.53 Å². The summed E-state index contributed by atoms with van der Waals surface area (Å²) in [5.41, 5.74) is 1.25. The quantitative estimate of drug-likeness (QED) is 0.667. The van der Waals surface area contributed by atoms with E-state index >= 15 is 0 Å². The normalized spacial score (nSPS) is 16.0. The van der Waals surface area contributed by atoms with Gasteiger partial charge in [-0.2, -0.15) is 0 Å². The van der Waals surface area contributed by atoms with Gasteiger partial charge in [0.05, 0.1) is 12.7 Å². The number of hydrogen-bond acceptors (Lipinski definition) is 5. The summed E-state index contributed by atoms with van der Waals surface area (Å²) in [6.07, 6.45) is 3.19. The Kier molecular flexibility index (Phi) is 6.46. The number of pyridine rings is 1. The molecule has 142 valence electrons. The lowest BCUT2D eigenvalue weighted by Gasteiger charge is -2.38. The number of ether oxygens (including phenoxy) is 1. The maximum Gasteiger partial charge on any atom is 0.327 e. The number of hydrogen-bond donors (Lipinski definition) is 0. The number of amides is 1. The smallest absolute Gasteiger partial charge is 0.327 e. The fourth-order valence-corrected chi connectivity index (χ4v) is 3.78. The number of methoxy groups -OCH3 is 1. The van der Waals surface area contributed by atoms with Gasteiger partial charge in [0.25, 0.3) is 5.91 Å². The summed E-state index contributed by atoms with van der Waals surface area (Å²) in [6, 6.07) is 8.41. The minimum atomic E-state index is -0.589. The number of piperazine rings is 1. The highest BCUT2D eigenvalue weighted by Gasteiger charge is 2.33. The highest BCUT2D eigenvalue weighted by Crippen LogP contribution is 2.29. The van der Waals surface area contributed by atoms with E-state index in [1.165, 1.54) is 7.11 Å². The standard InChI is InChI=1S/C19H19BrClN3O3/c1-27-19(26)17(15-4-2-3-5-16(15)21)23-6-8-24(9-7-23)18(25)13-10-14(20)12-22-11-13/h2-5,10-12,17H,6-9H2,1H3/t17-/m0/s1. The molecule has 0 radical (unpaired) electrons. The number of nitrogens with zero attached hydrogens (tertiary/aromatic N) is 3. The van der Waals surface area contributed by atoms with Crippen molar-refractivity contribution < 1.29 is 14.3 Å². The lowest BCUT2D eigenvalue weighted by Crippen LogP contribution is -2.51. The van der Waals surface area contributed by atoms with Gasteiger partial charge in [0.1, 0.15) is 6.04 Å². The number of aromatic nitrogens is 1. The van der Waals surface area contributed by atoms with Crippen molar-refractivity contribution in [2.45, 2.75) is 6.04 Å². The molecule has 1 saturated heterocycles. The van der Waals surface area contributed by atoms with Gasteiger partial charge >= 0.3 is 5.97 Å². The molecule has 0 aliphatic carbocycles. The van der Waals surface area contributed by atoms with Crippen LogP contribution in [0.5, 0.6) is 0 Å². The van der Waals surface area contributed by atoms with Gasteiger partial charge in [-0.3, -0.25) is 14.7 Å². The average molecular weight is 453 g/mol. The van der Waals surface area contributed by atoms with Crippen LogP contribution >= 0.6 is 27.5 Å². The maximum absolute atomic E-state index is 12.7. The molecular formula is C19H19BrClN3O3. The van der Waals surface area contributed by atoms with Crippen molar-refractivity contribution in [2.75, 3.05) is 33.3 Å². The fourth-order valence-electron chi connectivity index (χ4n) is 3.18. The van der Waals surface area contributed by atoms with Gasteiger partial charge in [0.2, 0.25) is 0 Å². The Labute approximate surface area is 171 Å². The van der Waals surface area contributed by atoms with Crippen LogP contribution in [0.25, 0.3) is 0 Å². The van der Waals surface area contributed by atoms with Crippen molar-refractivity contribution in [1.29, 1.82) is 0 Å². The molecule has 1 fully saturated rings. The van der Waals surface area contributed by atoms with Crippen LogP contribution in [0.1, 0.15) is 22.0 Å². The summed E-state index contributed by atoms with van der Waals surface area (Å²) in [4.78, 5) is 32.9. The first kappa shape index (κ1) is 19.8. The molecule has 3 rings (SSSR count). The van der Waals surface area contributed by atoms with Crippen LogP contribution in [0.2, 0.25) is 5.02 Å². The zero-order chi connectivity index (χ0) is 19.4. The number of carbonyl (C=O) groups is 2. The number of halogens is 2. The van der Waals surface area contributed by atoms with Crippen LogP contribution in [0.3, 0.4) is 0 Å². The van der Waals surface area contributed by atoms with Gasteiger partial charge < -0.3 is 9.64 Å². The van der Waals surface area contributed by atoms with E-state index in [2.05, 4.69) is 20.9 Å². The molecule has 2 heterocycles. The summed E-state index contributed by atoms with van der Waals surface area (Å²) in [5, 5.41) is 0.520. The van der Waals surface area contributed by atoms with Crippen LogP contribution in [-0.4, -0.2) is 59.9 Å². The Balaban J connectivity index is 1.73. The third-order valence-corrected chi connectivity index (χ3v) is 5.32. The molecule has 0 bridgehead atoms. The van der Waals surface area contributed by atoms with E-state index in [9.17, 15) is 9.59 Å². The van der Waals surface area contributed by atoms with E-state index < -0.39 is 6.04 Å². The number of carbonyl (C=O) groups excluding carboxylic acids is 2. The van der Waals surface area contributed by atoms with E-state index in [0.717, 1.165) is 4.47 Å². The van der Waals surface area contributed by atoms with Crippen molar-refractivity contribution in [3.05, 3.63) is 63.3 Å². The molecule has 1 aromatic heterocycles. The first-order valence-corrected chi connectivity index (χ1v) is 9.64. The molecule has 0 spiro atoms. The Morgan fingerprint density at radius 3 is 2.52 bits per heavy atom. The SMILES string of the molecule is COC(=O)[C@H](c1ccccc1Cl)N1CCN(C(=O)c2cncc(Br)c2)CC1. The molecule has 2 aromatic rings. The van der Waals surface area contributed by atoms with E-state index in [4.69, 9.17) is 16.3 Å². The minimum Gasteiger partial charge on any atom is -0.468 e. The minimum absolute atomic E-state index is 0.0733. The van der Waals surface area contributed by atoms with Crippen LogP contribution in [0.15, 0.2) is 47.2 Å². The average Bonchev–Trinajstić information content (AvgIpc) is 2.69. The predicted octanol–water partition coefficient (Wildman–Crippen LogP) is 3.17. The molecule has 1 aromatic carbocycles. The second kappa shape index (κ2) is 8.82. The highest BCUT2D eigenvalue weighted by atomic mass is 79.9. The van der Waals surface area contributed by atoms with Gasteiger partial charge in [0, 0.05) is 48.1 Å². The molecule has 1 amide bonds. The van der Waals surface area contributed by atoms with E-state index in [1.54, 1.807) is 29.4 Å². The van der Waals surface area contributed by atoms with E-state index in [0.29, 0.717) is 42.3 Å². The van der Waals surface area contributed by atoms with Gasteiger partial charge in [-0.25, -0.2) is 4.79 Å². The first-order chi connectivity index (χ1) is 13.0. The third kappa shape index (κ3) is 4.48. The molecule has 27 heavy (non-hydrogen) atoms. The molecule has 0 saturated carbocycles. The zero-order valence-electron chi connectivity index (χ0n) is 14.8. The Hall–Kier alpha value is -1.96. The number of esters is 1. The molecule has 0 unspecified atom stereocenters. The van der Waals surface area contributed by atoms with Gasteiger partial charge in [-0.15, -0.1) is 0 Å². The first-order valence-electron chi connectivity index (χ1n) is 8.47. The summed E-state index contributed by atoms with van der Waals surface area (Å²) < 4.78 is 5.76. The molecule has 0 N–H and O–H groups in total. The second-order valence-electron chi connectivity index (χ2n) is 6.17. The third-order valence-electron chi connectivity index (χ3n) is 4.54. The molecule has 1 atom stereocenters. The molecule has 1 aliphatic rings. The van der Waals surface area contributed by atoms with Crippen LogP contribution in [0.4, 0.5) is 0 Å². The number of rotatable bonds is 4. The second-order valence-corrected chi connectivity index (χ2v) is 7.49. The molecule has 1 aliphatic heterocycles. The van der Waals surface area contributed by atoms with Crippen LogP contribution in [0, 0.1) is 0 Å². The van der Waals surface area contributed by atoms with Crippen molar-refractivity contribution in [3.63, 3.8) is 0 Å². The predicted molar refractivity (Wildman–Crippen MR) is 106 cm³/mol. The lowest BCUT2D eigenvalue weighted by atomic mass is 10.0. The Morgan fingerprint density at radius 1 is 1.19 bits per heavy atom. The molecule has 6 nitrogen and oxygen atoms in total. The van der Waals surface area contributed by atoms with Gasteiger partial charge in [0.15, 0.2) is 0 Å². The summed E-state index contributed by atoms with van der Waals surface area (Å²) in [7, 11) is 1.37. The maximum atomic E-state index is 12.7. The van der Waals surface area contributed by atoms with Crippen molar-refractivity contribution in [3.8, 4) is 0 Å². The highest BCUT2D eigenvalue weighted by molar-refractivity contribution is 9.10. The van der Waals surface area contributed by atoms with Crippen LogP contribution < -0.4 is 0 Å². The van der Waals surface area contributed by atoms with E-state index in [-0.39, 0.29) is 11.9 Å². The molecule has 8 heteroatoms. The van der Waals surface area contributed by atoms with Crippen molar-refractivity contribution in [1.82, 2.24) is 14.8 Å². The summed E-state index contributed by atoms with van der Waals surface area (Å²) in [6.45, 7) is 2.09. The zero-order valence-corrected chi connectivity index (χ0v) is 17.1. The molecular weight excluding hydrogens is 434 g/mol. The largest absolute Gasteiger partial charge is 0.468 e. The fraction of sp³-hybridized carbons (Fsp3) is 0.316. The van der Waals surface area contributed by atoms with E-state index in [1.807, 2.05) is 23.1 Å². The van der Waals surface area contributed by atoms with Gasteiger partial charge in [-0.1, -0.05) is 29.8 Å². The Morgan fingerprint density at radius 2 is 1.89 bits per heavy atom. The van der Waals surface area contributed by atoms with Crippen molar-refractivity contribution in [2.24, 2.45) is 0 Å².